The number of carbonyl (C=O) groups excluding carboxylic acids is 2. The monoisotopic (exact) mass is 530 g/mol. The highest BCUT2D eigenvalue weighted by Gasteiger charge is 2.82. The number of hydrogen-bond acceptors (Lipinski definition) is 9. The Bertz CT molecular complexity index is 1070. The highest BCUT2D eigenvalue weighted by atomic mass is 16.6. The lowest BCUT2D eigenvalue weighted by Gasteiger charge is -2.58. The van der Waals surface area contributed by atoms with E-state index >= 15 is 0 Å². The van der Waals surface area contributed by atoms with Crippen molar-refractivity contribution in [2.75, 3.05) is 26.4 Å². The third kappa shape index (κ3) is 4.48. The van der Waals surface area contributed by atoms with Gasteiger partial charge in [-0.25, -0.2) is 9.59 Å². The van der Waals surface area contributed by atoms with Crippen LogP contribution >= 0.6 is 0 Å². The summed E-state index contributed by atoms with van der Waals surface area (Å²) in [6.07, 6.45) is 10.3. The lowest BCUT2D eigenvalue weighted by Crippen LogP contribution is -2.66. The fraction of sp³-hybridized carbons (Fsp3) is 0.655. The molecule has 3 aliphatic heterocycles. The molecule has 0 aromatic carbocycles. The summed E-state index contributed by atoms with van der Waals surface area (Å²) in [5.41, 5.74) is 0.413. The van der Waals surface area contributed by atoms with Gasteiger partial charge in [0, 0.05) is 29.4 Å². The van der Waals surface area contributed by atoms with Gasteiger partial charge in [0.2, 0.25) is 0 Å². The van der Waals surface area contributed by atoms with Crippen LogP contribution < -0.4 is 0 Å². The molecule has 2 unspecified atom stereocenters. The summed E-state index contributed by atoms with van der Waals surface area (Å²) < 4.78 is 29.1. The average Bonchev–Trinajstić information content (AvgIpc) is 3.55. The van der Waals surface area contributed by atoms with Crippen molar-refractivity contribution < 1.29 is 43.5 Å². The smallest absolute Gasteiger partial charge is 0.331 e. The number of epoxide rings is 1. The highest BCUT2D eigenvalue weighted by Crippen LogP contribution is 2.71. The predicted octanol–water partition coefficient (Wildman–Crippen LogP) is 2.32. The second kappa shape index (κ2) is 10.4. The Morgan fingerprint density at radius 2 is 2.13 bits per heavy atom. The van der Waals surface area contributed by atoms with Crippen LogP contribution in [-0.4, -0.2) is 84.7 Å². The second-order valence-corrected chi connectivity index (χ2v) is 11.4. The van der Waals surface area contributed by atoms with Crippen LogP contribution in [0.15, 0.2) is 47.6 Å². The van der Waals surface area contributed by atoms with Gasteiger partial charge in [0.15, 0.2) is 0 Å². The molecule has 2 aliphatic carbocycles. The molecule has 1 spiro atoms. The number of rotatable bonds is 10. The van der Waals surface area contributed by atoms with Gasteiger partial charge in [0.25, 0.3) is 0 Å². The van der Waals surface area contributed by atoms with Crippen LogP contribution in [0.3, 0.4) is 0 Å². The third-order valence-electron chi connectivity index (χ3n) is 9.33. The van der Waals surface area contributed by atoms with E-state index in [0.717, 1.165) is 18.4 Å². The summed E-state index contributed by atoms with van der Waals surface area (Å²) in [6, 6.07) is 0. The zero-order chi connectivity index (χ0) is 27.1. The van der Waals surface area contributed by atoms with Gasteiger partial charge in [0.1, 0.15) is 24.4 Å². The van der Waals surface area contributed by atoms with Gasteiger partial charge in [-0.15, -0.1) is 0 Å². The van der Waals surface area contributed by atoms with Gasteiger partial charge < -0.3 is 33.9 Å². The molecular weight excluding hydrogens is 492 g/mol. The first kappa shape index (κ1) is 27.3. The molecule has 5 rings (SSSR count). The normalized spacial score (nSPS) is 39.2. The fourth-order valence-corrected chi connectivity index (χ4v) is 6.89. The number of aliphatic hydroxyl groups excluding tert-OH is 2. The quantitative estimate of drug-likeness (QED) is 0.144. The maximum Gasteiger partial charge on any atom is 0.331 e. The van der Waals surface area contributed by atoms with Crippen molar-refractivity contribution in [1.29, 1.82) is 0 Å². The van der Waals surface area contributed by atoms with E-state index < -0.39 is 40.7 Å². The van der Waals surface area contributed by atoms with E-state index in [9.17, 15) is 19.8 Å². The van der Waals surface area contributed by atoms with Crippen molar-refractivity contribution in [3.8, 4) is 0 Å². The number of ether oxygens (including phenoxy) is 5. The zero-order valence-electron chi connectivity index (χ0n) is 22.3. The minimum Gasteiger partial charge on any atom is -0.458 e. The molecule has 2 bridgehead atoms. The van der Waals surface area contributed by atoms with E-state index in [-0.39, 0.29) is 31.4 Å². The Labute approximate surface area is 223 Å². The lowest BCUT2D eigenvalue weighted by molar-refractivity contribution is -0.228. The maximum absolute atomic E-state index is 12.9. The first-order valence-electron chi connectivity index (χ1n) is 13.4. The molecule has 1 saturated carbocycles. The number of allylic oxidation sites excluding steroid dienone is 3. The summed E-state index contributed by atoms with van der Waals surface area (Å²) in [6.45, 7) is 6.87. The molecule has 0 amide bonds. The molecule has 2 saturated heterocycles. The van der Waals surface area contributed by atoms with E-state index in [0.29, 0.717) is 26.1 Å². The zero-order valence-corrected chi connectivity index (χ0v) is 22.3. The summed E-state index contributed by atoms with van der Waals surface area (Å²) in [7, 11) is 0. The van der Waals surface area contributed by atoms with E-state index in [4.69, 9.17) is 23.7 Å². The van der Waals surface area contributed by atoms with Crippen molar-refractivity contribution in [3.63, 3.8) is 0 Å². The number of aliphatic hydroxyl groups is 2. The minimum absolute atomic E-state index is 0.0657. The maximum atomic E-state index is 12.9. The Morgan fingerprint density at radius 3 is 2.79 bits per heavy atom. The van der Waals surface area contributed by atoms with Crippen LogP contribution in [0.1, 0.15) is 46.5 Å². The van der Waals surface area contributed by atoms with Crippen LogP contribution in [0.25, 0.3) is 0 Å². The van der Waals surface area contributed by atoms with Gasteiger partial charge in [-0.05, 0) is 38.7 Å². The second-order valence-electron chi connectivity index (χ2n) is 11.4. The van der Waals surface area contributed by atoms with Gasteiger partial charge in [0.05, 0.1) is 38.1 Å². The molecule has 3 fully saturated rings. The van der Waals surface area contributed by atoms with Crippen LogP contribution in [-0.2, 0) is 33.3 Å². The lowest BCUT2D eigenvalue weighted by atomic mass is 9.51. The Kier molecular flexibility index (Phi) is 7.43. The molecule has 5 aliphatic rings. The molecular formula is C29H38O9. The van der Waals surface area contributed by atoms with Crippen LogP contribution in [0.5, 0.6) is 0 Å². The van der Waals surface area contributed by atoms with E-state index in [1.807, 2.05) is 0 Å². The van der Waals surface area contributed by atoms with Gasteiger partial charge in [-0.2, -0.15) is 0 Å². The first-order valence-corrected chi connectivity index (χ1v) is 13.4. The first-order chi connectivity index (χ1) is 18.1. The van der Waals surface area contributed by atoms with E-state index in [1.165, 1.54) is 17.7 Å². The molecule has 0 aromatic heterocycles. The van der Waals surface area contributed by atoms with E-state index in [1.54, 1.807) is 25.2 Å². The molecule has 3 heterocycles. The van der Waals surface area contributed by atoms with Gasteiger partial charge >= 0.3 is 11.9 Å². The predicted molar refractivity (Wildman–Crippen MR) is 136 cm³/mol. The van der Waals surface area contributed by atoms with Crippen LogP contribution in [0.4, 0.5) is 0 Å². The highest BCUT2D eigenvalue weighted by molar-refractivity contribution is 5.85. The molecule has 8 atom stereocenters. The standard InChI is InChI=1S/C29H38O9/c1-18-8-10-28(16-30)23(12-18)37-24-14-22(27(28,3)29(24)17-36-29)38-25(32)7-5-4-6-21(19(2)31)34-11-9-20-13-26(33)35-15-20/h4-7,12-13,19,21-24,30-31H,8-11,14-17H2,1-3H3/b6-4+,7-5+/t19?,21?,22-,23+,24+,27+,28+,29-/m1/s1. The Hall–Kier alpha value is -2.30. The largest absolute Gasteiger partial charge is 0.458 e. The SMILES string of the molecule is CC1=C[C@@H]2O[C@H]3C[C@@H](OC(=O)/C=C/C=C/C(OCCC4=CC(=O)OC4)C(C)O)[C@@](C)([C@]2(CO)CC1)[C@@]31CO1. The summed E-state index contributed by atoms with van der Waals surface area (Å²) in [5, 5.41) is 20.7. The average molecular weight is 531 g/mol. The molecule has 9 heteroatoms. The van der Waals surface area contributed by atoms with Crippen molar-refractivity contribution in [2.24, 2.45) is 10.8 Å². The fourth-order valence-electron chi connectivity index (χ4n) is 6.89. The summed E-state index contributed by atoms with van der Waals surface area (Å²) >= 11 is 0. The van der Waals surface area contributed by atoms with Crippen molar-refractivity contribution >= 4 is 11.9 Å². The number of esters is 2. The minimum atomic E-state index is -0.759. The number of carbonyl (C=O) groups is 2. The number of hydrogen-bond donors (Lipinski definition) is 2. The molecule has 208 valence electrons. The molecule has 0 radical (unpaired) electrons. The van der Waals surface area contributed by atoms with Crippen LogP contribution in [0.2, 0.25) is 0 Å². The van der Waals surface area contributed by atoms with Gasteiger partial charge in [-0.3, -0.25) is 0 Å². The molecule has 2 N–H and O–H groups in total. The third-order valence-corrected chi connectivity index (χ3v) is 9.33. The summed E-state index contributed by atoms with van der Waals surface area (Å²) in [4.78, 5) is 24.0. The van der Waals surface area contributed by atoms with Crippen LogP contribution in [0, 0.1) is 10.8 Å². The van der Waals surface area contributed by atoms with Crippen molar-refractivity contribution in [3.05, 3.63) is 47.6 Å². The van der Waals surface area contributed by atoms with E-state index in [2.05, 4.69) is 19.9 Å². The molecule has 38 heavy (non-hydrogen) atoms. The van der Waals surface area contributed by atoms with Crippen molar-refractivity contribution in [2.45, 2.75) is 82.6 Å². The topological polar surface area (TPSA) is 124 Å². The molecule has 0 aromatic rings. The van der Waals surface area contributed by atoms with Gasteiger partial charge in [-0.1, -0.05) is 36.8 Å². The summed E-state index contributed by atoms with van der Waals surface area (Å²) in [5.74, 6) is -0.827. The number of fused-ring (bicyclic) bond motifs is 2. The number of cyclic esters (lactones) is 1. The van der Waals surface area contributed by atoms with Crippen molar-refractivity contribution in [1.82, 2.24) is 0 Å². The Morgan fingerprint density at radius 1 is 1.34 bits per heavy atom. The Balaban J connectivity index is 1.21. The molecule has 9 nitrogen and oxygen atoms in total.